The Bertz CT molecular complexity index is 947. The zero-order chi connectivity index (χ0) is 19.1. The Morgan fingerprint density at radius 1 is 1.22 bits per heavy atom. The molecular formula is C18H21ClN6O2. The summed E-state index contributed by atoms with van der Waals surface area (Å²) in [6.07, 6.45) is 1.75. The topological polar surface area (TPSA) is 122 Å². The second-order valence-electron chi connectivity index (χ2n) is 6.98. The van der Waals surface area contributed by atoms with Crippen LogP contribution in [-0.4, -0.2) is 42.2 Å². The minimum Gasteiger partial charge on any atom is -0.390 e. The number of aliphatic hydroxyl groups is 2. The molecule has 0 bridgehead atoms. The number of hydrazine groups is 1. The fourth-order valence-corrected chi connectivity index (χ4v) is 4.14. The number of anilines is 1. The van der Waals surface area contributed by atoms with E-state index < -0.39 is 18.2 Å². The lowest BCUT2D eigenvalue weighted by Crippen LogP contribution is -2.31. The molecule has 9 heteroatoms. The van der Waals surface area contributed by atoms with Gasteiger partial charge in [-0.1, -0.05) is 30.7 Å². The van der Waals surface area contributed by atoms with E-state index in [4.69, 9.17) is 17.4 Å². The van der Waals surface area contributed by atoms with Gasteiger partial charge in [-0.25, -0.2) is 20.5 Å². The van der Waals surface area contributed by atoms with Gasteiger partial charge in [0.1, 0.15) is 12.4 Å². The van der Waals surface area contributed by atoms with E-state index in [2.05, 4.69) is 20.5 Å². The van der Waals surface area contributed by atoms with Gasteiger partial charge in [0.2, 0.25) is 0 Å². The molecule has 1 aromatic carbocycles. The van der Waals surface area contributed by atoms with Gasteiger partial charge >= 0.3 is 0 Å². The summed E-state index contributed by atoms with van der Waals surface area (Å²) in [5.74, 6) is 5.88. The first-order valence-electron chi connectivity index (χ1n) is 8.77. The molecule has 0 saturated heterocycles. The second kappa shape index (κ2) is 7.05. The van der Waals surface area contributed by atoms with Crippen LogP contribution < -0.4 is 11.3 Å². The summed E-state index contributed by atoms with van der Waals surface area (Å²) >= 11 is 5.97. The SMILES string of the molecule is C[C@H](c1ccc(Cl)cc1)[C@H]1C[C@@H](n2ncc3c(NN)ncnc32)[C@H](O)[C@@H]1O. The lowest BCUT2D eigenvalue weighted by atomic mass is 9.85. The molecule has 8 nitrogen and oxygen atoms in total. The molecule has 5 atom stereocenters. The fraction of sp³-hybridized carbons (Fsp3) is 0.389. The molecule has 5 N–H and O–H groups in total. The van der Waals surface area contributed by atoms with Crippen LogP contribution in [0.2, 0.25) is 5.02 Å². The number of nitrogens with two attached hydrogens (primary N) is 1. The molecule has 0 aliphatic heterocycles. The number of hydrogen-bond donors (Lipinski definition) is 4. The first kappa shape index (κ1) is 18.1. The summed E-state index contributed by atoms with van der Waals surface area (Å²) in [6, 6.07) is 7.19. The highest BCUT2D eigenvalue weighted by molar-refractivity contribution is 6.30. The van der Waals surface area contributed by atoms with Crippen molar-refractivity contribution in [2.75, 3.05) is 5.43 Å². The molecule has 4 rings (SSSR count). The predicted molar refractivity (Wildman–Crippen MR) is 102 cm³/mol. The van der Waals surface area contributed by atoms with E-state index in [1.54, 1.807) is 10.9 Å². The van der Waals surface area contributed by atoms with Gasteiger partial charge in [0.25, 0.3) is 0 Å². The fourth-order valence-electron chi connectivity index (χ4n) is 4.02. The number of rotatable bonds is 4. The van der Waals surface area contributed by atoms with Gasteiger partial charge in [-0.3, -0.25) is 0 Å². The van der Waals surface area contributed by atoms with Crippen molar-refractivity contribution in [1.82, 2.24) is 19.7 Å². The first-order chi connectivity index (χ1) is 13.0. The highest BCUT2D eigenvalue weighted by atomic mass is 35.5. The smallest absolute Gasteiger partial charge is 0.163 e. The lowest BCUT2D eigenvalue weighted by molar-refractivity contribution is 0.00140. The highest BCUT2D eigenvalue weighted by Gasteiger charge is 2.45. The van der Waals surface area contributed by atoms with Crippen molar-refractivity contribution in [1.29, 1.82) is 0 Å². The standard InChI is InChI=1S/C18H21ClN6O2/c1-9(10-2-4-11(19)5-3-10)12-6-14(16(27)15(12)26)25-18-13(7-23-25)17(24-20)21-8-22-18/h2-5,7-9,12,14-16,26-27H,6,20H2,1H3,(H,21,22,24)/t9-,12-,14-,15-,16+/m1/s1. The van der Waals surface area contributed by atoms with Gasteiger partial charge in [-0.2, -0.15) is 5.10 Å². The van der Waals surface area contributed by atoms with Crippen LogP contribution in [0, 0.1) is 5.92 Å². The third-order valence-corrected chi connectivity index (χ3v) is 5.83. The number of halogens is 1. The summed E-state index contributed by atoms with van der Waals surface area (Å²) in [5.41, 5.74) is 4.15. The Labute approximate surface area is 161 Å². The molecule has 3 aromatic rings. The van der Waals surface area contributed by atoms with E-state index in [1.807, 2.05) is 31.2 Å². The van der Waals surface area contributed by atoms with Crippen LogP contribution in [-0.2, 0) is 0 Å². The van der Waals surface area contributed by atoms with Crippen molar-refractivity contribution in [3.63, 3.8) is 0 Å². The van der Waals surface area contributed by atoms with Gasteiger partial charge in [-0.15, -0.1) is 0 Å². The lowest BCUT2D eigenvalue weighted by Gasteiger charge is -2.23. The average molecular weight is 389 g/mol. The summed E-state index contributed by atoms with van der Waals surface area (Å²) in [6.45, 7) is 2.05. The Morgan fingerprint density at radius 2 is 1.96 bits per heavy atom. The van der Waals surface area contributed by atoms with E-state index >= 15 is 0 Å². The molecule has 0 radical (unpaired) electrons. The quantitative estimate of drug-likeness (QED) is 0.397. The van der Waals surface area contributed by atoms with Crippen LogP contribution in [0.4, 0.5) is 5.82 Å². The number of nitrogens with zero attached hydrogens (tertiary/aromatic N) is 4. The maximum Gasteiger partial charge on any atom is 0.163 e. The molecule has 2 heterocycles. The van der Waals surface area contributed by atoms with Crippen LogP contribution in [0.3, 0.4) is 0 Å². The van der Waals surface area contributed by atoms with Crippen molar-refractivity contribution in [2.45, 2.75) is 37.5 Å². The number of nitrogens with one attached hydrogen (secondary N) is 1. The molecule has 1 saturated carbocycles. The third-order valence-electron chi connectivity index (χ3n) is 5.58. The molecule has 1 fully saturated rings. The molecule has 1 aliphatic rings. The third kappa shape index (κ3) is 3.04. The number of aliphatic hydroxyl groups excluding tert-OH is 2. The zero-order valence-corrected chi connectivity index (χ0v) is 15.5. The summed E-state index contributed by atoms with van der Waals surface area (Å²) in [4.78, 5) is 8.34. The Hall–Kier alpha value is -2.26. The number of hydrogen-bond acceptors (Lipinski definition) is 7. The van der Waals surface area contributed by atoms with Crippen molar-refractivity contribution >= 4 is 28.5 Å². The molecule has 142 valence electrons. The first-order valence-corrected chi connectivity index (χ1v) is 9.15. The summed E-state index contributed by atoms with van der Waals surface area (Å²) in [5, 5.41) is 27.1. The average Bonchev–Trinajstić information content (AvgIpc) is 3.23. The number of aromatic nitrogens is 4. The zero-order valence-electron chi connectivity index (χ0n) is 14.7. The Balaban J connectivity index is 1.65. The van der Waals surface area contributed by atoms with Crippen molar-refractivity contribution in [2.24, 2.45) is 11.8 Å². The molecule has 0 unspecified atom stereocenters. The van der Waals surface area contributed by atoms with Gasteiger partial charge < -0.3 is 15.6 Å². The molecule has 1 aliphatic carbocycles. The molecule has 0 spiro atoms. The van der Waals surface area contributed by atoms with Gasteiger partial charge in [0, 0.05) is 5.02 Å². The minimum atomic E-state index is -0.947. The van der Waals surface area contributed by atoms with Gasteiger partial charge in [-0.05, 0) is 36.0 Å². The number of benzene rings is 1. The van der Waals surface area contributed by atoms with E-state index in [-0.39, 0.29) is 11.8 Å². The number of nitrogen functional groups attached to an aromatic ring is 1. The van der Waals surface area contributed by atoms with Crippen LogP contribution in [0.15, 0.2) is 36.8 Å². The van der Waals surface area contributed by atoms with Crippen LogP contribution in [0.25, 0.3) is 11.0 Å². The minimum absolute atomic E-state index is 0.0506. The van der Waals surface area contributed by atoms with E-state index in [1.165, 1.54) is 6.33 Å². The van der Waals surface area contributed by atoms with Gasteiger partial charge in [0.15, 0.2) is 11.5 Å². The van der Waals surface area contributed by atoms with Crippen molar-refractivity contribution in [3.05, 3.63) is 47.4 Å². The molecule has 2 aromatic heterocycles. The van der Waals surface area contributed by atoms with E-state index in [0.717, 1.165) is 5.56 Å². The highest BCUT2D eigenvalue weighted by Crippen LogP contribution is 2.43. The van der Waals surface area contributed by atoms with Crippen LogP contribution >= 0.6 is 11.6 Å². The second-order valence-corrected chi connectivity index (χ2v) is 7.42. The molecular weight excluding hydrogens is 368 g/mol. The maximum absolute atomic E-state index is 10.7. The summed E-state index contributed by atoms with van der Waals surface area (Å²) in [7, 11) is 0. The van der Waals surface area contributed by atoms with Gasteiger partial charge in [0.05, 0.1) is 23.7 Å². The van der Waals surface area contributed by atoms with Crippen molar-refractivity contribution < 1.29 is 10.2 Å². The summed E-state index contributed by atoms with van der Waals surface area (Å²) < 4.78 is 1.65. The van der Waals surface area contributed by atoms with E-state index in [0.29, 0.717) is 28.3 Å². The Morgan fingerprint density at radius 3 is 2.67 bits per heavy atom. The largest absolute Gasteiger partial charge is 0.390 e. The monoisotopic (exact) mass is 388 g/mol. The molecule has 27 heavy (non-hydrogen) atoms. The number of fused-ring (bicyclic) bond motifs is 1. The maximum atomic E-state index is 10.7. The van der Waals surface area contributed by atoms with Crippen LogP contribution in [0.5, 0.6) is 0 Å². The molecule has 0 amide bonds. The predicted octanol–water partition coefficient (Wildman–Crippen LogP) is 1.85. The van der Waals surface area contributed by atoms with E-state index in [9.17, 15) is 10.2 Å². The normalized spacial score (nSPS) is 26.4. The Kier molecular flexibility index (Phi) is 4.73. The van der Waals surface area contributed by atoms with Crippen LogP contribution in [0.1, 0.15) is 30.9 Å². The van der Waals surface area contributed by atoms with Crippen molar-refractivity contribution in [3.8, 4) is 0 Å².